The van der Waals surface area contributed by atoms with Gasteiger partial charge in [-0.15, -0.1) is 0 Å². The van der Waals surface area contributed by atoms with E-state index >= 15 is 0 Å². The third-order valence-corrected chi connectivity index (χ3v) is 2.84. The van der Waals surface area contributed by atoms with E-state index in [1.165, 1.54) is 6.07 Å². The summed E-state index contributed by atoms with van der Waals surface area (Å²) in [5.41, 5.74) is 6.12. The van der Waals surface area contributed by atoms with Crippen molar-refractivity contribution in [3.63, 3.8) is 0 Å². The van der Waals surface area contributed by atoms with Gasteiger partial charge in [0.05, 0.1) is 16.1 Å². The van der Waals surface area contributed by atoms with Gasteiger partial charge in [-0.3, -0.25) is 0 Å². The topological polar surface area (TPSA) is 64.9 Å². The van der Waals surface area contributed by atoms with Gasteiger partial charge in [-0.25, -0.2) is 4.39 Å². The van der Waals surface area contributed by atoms with Crippen molar-refractivity contribution in [2.24, 2.45) is 5.73 Å². The third-order valence-electron chi connectivity index (χ3n) is 2.03. The Morgan fingerprint density at radius 1 is 1.50 bits per heavy atom. The molecule has 1 heterocycles. The SMILES string of the molecule is CC(N)c1noc(-c2cccc(F)c2Br)n1. The van der Waals surface area contributed by atoms with E-state index in [1.807, 2.05) is 0 Å². The Bertz CT molecular complexity index is 513. The zero-order valence-electron chi connectivity index (χ0n) is 8.45. The smallest absolute Gasteiger partial charge is 0.259 e. The van der Waals surface area contributed by atoms with Gasteiger partial charge in [-0.05, 0) is 35.0 Å². The lowest BCUT2D eigenvalue weighted by Crippen LogP contribution is -2.06. The molecule has 0 aliphatic carbocycles. The average Bonchev–Trinajstić information content (AvgIpc) is 2.71. The first-order valence-electron chi connectivity index (χ1n) is 4.63. The molecule has 0 spiro atoms. The lowest BCUT2D eigenvalue weighted by molar-refractivity contribution is 0.417. The maximum Gasteiger partial charge on any atom is 0.259 e. The number of hydrogen-bond donors (Lipinski definition) is 1. The quantitative estimate of drug-likeness (QED) is 0.921. The first-order valence-corrected chi connectivity index (χ1v) is 5.42. The van der Waals surface area contributed by atoms with Crippen LogP contribution in [-0.4, -0.2) is 10.1 Å². The van der Waals surface area contributed by atoms with E-state index in [-0.39, 0.29) is 17.7 Å². The summed E-state index contributed by atoms with van der Waals surface area (Å²) in [7, 11) is 0. The highest BCUT2D eigenvalue weighted by atomic mass is 79.9. The summed E-state index contributed by atoms with van der Waals surface area (Å²) in [6.07, 6.45) is 0. The van der Waals surface area contributed by atoms with Gasteiger partial charge in [0.25, 0.3) is 5.89 Å². The number of nitrogens with two attached hydrogens (primary N) is 1. The molecule has 0 radical (unpaired) electrons. The molecule has 2 N–H and O–H groups in total. The van der Waals surface area contributed by atoms with Gasteiger partial charge in [0.15, 0.2) is 5.82 Å². The molecule has 1 aromatic heterocycles. The maximum absolute atomic E-state index is 13.3. The van der Waals surface area contributed by atoms with Gasteiger partial charge in [0.1, 0.15) is 5.82 Å². The van der Waals surface area contributed by atoms with Crippen LogP contribution >= 0.6 is 15.9 Å². The van der Waals surface area contributed by atoms with E-state index in [1.54, 1.807) is 19.1 Å². The molecule has 2 aromatic rings. The molecule has 0 saturated heterocycles. The normalized spacial score (nSPS) is 12.8. The summed E-state index contributed by atoms with van der Waals surface area (Å²) < 4.78 is 18.6. The zero-order valence-corrected chi connectivity index (χ0v) is 10.0. The van der Waals surface area contributed by atoms with Gasteiger partial charge < -0.3 is 10.3 Å². The Balaban J connectivity index is 2.47. The fourth-order valence-electron chi connectivity index (χ4n) is 1.20. The second kappa shape index (κ2) is 4.31. The summed E-state index contributed by atoms with van der Waals surface area (Å²) >= 11 is 3.13. The van der Waals surface area contributed by atoms with E-state index in [4.69, 9.17) is 10.3 Å². The molecule has 1 atom stereocenters. The van der Waals surface area contributed by atoms with Crippen LogP contribution in [-0.2, 0) is 0 Å². The lowest BCUT2D eigenvalue weighted by atomic mass is 10.2. The van der Waals surface area contributed by atoms with Gasteiger partial charge in [-0.1, -0.05) is 11.2 Å². The van der Waals surface area contributed by atoms with Crippen LogP contribution in [0.3, 0.4) is 0 Å². The van der Waals surface area contributed by atoms with Crippen LogP contribution in [0.1, 0.15) is 18.8 Å². The minimum absolute atomic E-state index is 0.249. The number of aromatic nitrogens is 2. The van der Waals surface area contributed by atoms with Crippen molar-refractivity contribution in [3.8, 4) is 11.5 Å². The molecule has 2 rings (SSSR count). The number of nitrogens with zero attached hydrogens (tertiary/aromatic N) is 2. The van der Waals surface area contributed by atoms with Crippen molar-refractivity contribution in [1.82, 2.24) is 10.1 Å². The molecule has 0 fully saturated rings. The van der Waals surface area contributed by atoms with Crippen LogP contribution in [0.4, 0.5) is 4.39 Å². The van der Waals surface area contributed by atoms with Crippen molar-refractivity contribution < 1.29 is 8.91 Å². The molecule has 0 amide bonds. The number of hydrogen-bond acceptors (Lipinski definition) is 4. The largest absolute Gasteiger partial charge is 0.334 e. The highest BCUT2D eigenvalue weighted by Crippen LogP contribution is 2.29. The fourth-order valence-corrected chi connectivity index (χ4v) is 1.63. The van der Waals surface area contributed by atoms with Crippen molar-refractivity contribution in [3.05, 3.63) is 34.3 Å². The van der Waals surface area contributed by atoms with E-state index < -0.39 is 0 Å². The molecule has 16 heavy (non-hydrogen) atoms. The Morgan fingerprint density at radius 3 is 2.88 bits per heavy atom. The predicted octanol–water partition coefficient (Wildman–Crippen LogP) is 2.66. The maximum atomic E-state index is 13.3. The first-order chi connectivity index (χ1) is 7.59. The third kappa shape index (κ3) is 1.98. The standard InChI is InChI=1S/C10H9BrFN3O/c1-5(13)9-14-10(16-15-9)6-3-2-4-7(12)8(6)11/h2-5H,13H2,1H3. The monoisotopic (exact) mass is 285 g/mol. The van der Waals surface area contributed by atoms with Crippen LogP contribution in [0, 0.1) is 5.82 Å². The molecule has 6 heteroatoms. The second-order valence-electron chi connectivity index (χ2n) is 3.35. The van der Waals surface area contributed by atoms with E-state index in [0.29, 0.717) is 15.9 Å². The lowest BCUT2D eigenvalue weighted by Gasteiger charge is -1.99. The van der Waals surface area contributed by atoms with Crippen LogP contribution < -0.4 is 5.73 Å². The van der Waals surface area contributed by atoms with Crippen molar-refractivity contribution in [1.29, 1.82) is 0 Å². The average molecular weight is 286 g/mol. The van der Waals surface area contributed by atoms with Crippen molar-refractivity contribution in [2.45, 2.75) is 13.0 Å². The van der Waals surface area contributed by atoms with Gasteiger partial charge in [-0.2, -0.15) is 4.98 Å². The Morgan fingerprint density at radius 2 is 2.25 bits per heavy atom. The van der Waals surface area contributed by atoms with Crippen LogP contribution in [0.2, 0.25) is 0 Å². The number of halogens is 2. The van der Waals surface area contributed by atoms with Crippen LogP contribution in [0.5, 0.6) is 0 Å². The second-order valence-corrected chi connectivity index (χ2v) is 4.14. The van der Waals surface area contributed by atoms with E-state index in [2.05, 4.69) is 26.1 Å². The fraction of sp³-hybridized carbons (Fsp3) is 0.200. The highest BCUT2D eigenvalue weighted by molar-refractivity contribution is 9.10. The Kier molecular flexibility index (Phi) is 3.02. The molecular formula is C10H9BrFN3O. The Labute approximate surface area is 99.8 Å². The summed E-state index contributed by atoms with van der Waals surface area (Å²) in [5, 5.41) is 3.71. The molecule has 0 aliphatic heterocycles. The molecule has 1 aromatic carbocycles. The number of rotatable bonds is 2. The van der Waals surface area contributed by atoms with Crippen LogP contribution in [0.15, 0.2) is 27.2 Å². The Hall–Kier alpha value is -1.27. The van der Waals surface area contributed by atoms with E-state index in [0.717, 1.165) is 0 Å². The molecular weight excluding hydrogens is 277 g/mol. The van der Waals surface area contributed by atoms with Crippen molar-refractivity contribution >= 4 is 15.9 Å². The van der Waals surface area contributed by atoms with Crippen LogP contribution in [0.25, 0.3) is 11.5 Å². The molecule has 1 unspecified atom stereocenters. The summed E-state index contributed by atoms with van der Waals surface area (Å²) in [5.74, 6) is 0.267. The summed E-state index contributed by atoms with van der Waals surface area (Å²) in [6.45, 7) is 1.75. The molecule has 0 aliphatic rings. The molecule has 84 valence electrons. The molecule has 0 bridgehead atoms. The van der Waals surface area contributed by atoms with Gasteiger partial charge >= 0.3 is 0 Å². The molecule has 4 nitrogen and oxygen atoms in total. The minimum Gasteiger partial charge on any atom is -0.334 e. The first kappa shape index (κ1) is 11.2. The summed E-state index contributed by atoms with van der Waals surface area (Å²) in [6, 6.07) is 4.29. The number of benzene rings is 1. The summed E-state index contributed by atoms with van der Waals surface area (Å²) in [4.78, 5) is 4.08. The predicted molar refractivity (Wildman–Crippen MR) is 60.0 cm³/mol. The van der Waals surface area contributed by atoms with E-state index in [9.17, 15) is 4.39 Å². The van der Waals surface area contributed by atoms with Gasteiger partial charge in [0.2, 0.25) is 0 Å². The minimum atomic E-state index is -0.377. The highest BCUT2D eigenvalue weighted by Gasteiger charge is 2.15. The van der Waals surface area contributed by atoms with Gasteiger partial charge in [0, 0.05) is 0 Å². The van der Waals surface area contributed by atoms with Crippen molar-refractivity contribution in [2.75, 3.05) is 0 Å². The zero-order chi connectivity index (χ0) is 11.7. The molecule has 0 saturated carbocycles.